The molecule has 0 fully saturated rings. The van der Waals surface area contributed by atoms with Crippen molar-refractivity contribution in [2.75, 3.05) is 11.9 Å². The molecule has 28 heavy (non-hydrogen) atoms. The Morgan fingerprint density at radius 1 is 1.00 bits per heavy atom. The molecular formula is C21H24N2O5. The number of rotatable bonds is 8. The van der Waals surface area contributed by atoms with Crippen molar-refractivity contribution < 1.29 is 24.2 Å². The summed E-state index contributed by atoms with van der Waals surface area (Å²) in [7, 11) is 0. The average molecular weight is 384 g/mol. The van der Waals surface area contributed by atoms with E-state index in [2.05, 4.69) is 10.6 Å². The van der Waals surface area contributed by atoms with Gasteiger partial charge in [-0.2, -0.15) is 0 Å². The molecule has 2 rings (SSSR count). The summed E-state index contributed by atoms with van der Waals surface area (Å²) < 4.78 is 5.65. The lowest BCUT2D eigenvalue weighted by molar-refractivity contribution is 0.0696. The quantitative estimate of drug-likeness (QED) is 0.645. The predicted molar refractivity (Wildman–Crippen MR) is 106 cm³/mol. The first-order valence-electron chi connectivity index (χ1n) is 9.05. The van der Waals surface area contributed by atoms with Crippen molar-refractivity contribution in [2.24, 2.45) is 0 Å². The molecule has 2 aromatic rings. The van der Waals surface area contributed by atoms with Crippen LogP contribution < -0.4 is 15.4 Å². The van der Waals surface area contributed by atoms with Crippen LogP contribution in [-0.4, -0.2) is 35.5 Å². The van der Waals surface area contributed by atoms with Crippen LogP contribution in [0.4, 0.5) is 5.69 Å². The van der Waals surface area contributed by atoms with Gasteiger partial charge in [-0.05, 0) is 56.7 Å². The van der Waals surface area contributed by atoms with Gasteiger partial charge in [0.05, 0.1) is 17.4 Å². The Morgan fingerprint density at radius 2 is 1.68 bits per heavy atom. The maximum Gasteiger partial charge on any atom is 0.335 e. The van der Waals surface area contributed by atoms with Gasteiger partial charge >= 0.3 is 5.97 Å². The number of amides is 2. The van der Waals surface area contributed by atoms with Gasteiger partial charge in [0.25, 0.3) is 11.8 Å². The second-order valence-electron chi connectivity index (χ2n) is 6.47. The lowest BCUT2D eigenvalue weighted by Gasteiger charge is -2.16. The summed E-state index contributed by atoms with van der Waals surface area (Å²) in [4.78, 5) is 36.0. The Bertz CT molecular complexity index is 877. The number of hydrogen-bond acceptors (Lipinski definition) is 4. The lowest BCUT2D eigenvalue weighted by atomic mass is 10.1. The van der Waals surface area contributed by atoms with E-state index in [-0.39, 0.29) is 28.8 Å². The van der Waals surface area contributed by atoms with E-state index in [9.17, 15) is 19.5 Å². The molecule has 0 radical (unpaired) electrons. The molecule has 3 N–H and O–H groups in total. The van der Waals surface area contributed by atoms with Crippen molar-refractivity contribution in [3.8, 4) is 5.75 Å². The minimum Gasteiger partial charge on any atom is -0.489 e. The molecule has 2 amide bonds. The number of carboxylic acid groups (broad SMARTS) is 1. The molecule has 7 heteroatoms. The van der Waals surface area contributed by atoms with Gasteiger partial charge in [-0.25, -0.2) is 4.79 Å². The summed E-state index contributed by atoms with van der Waals surface area (Å²) >= 11 is 0. The molecule has 0 spiro atoms. The Morgan fingerprint density at radius 3 is 2.29 bits per heavy atom. The number of anilines is 1. The Balaban J connectivity index is 2.27. The van der Waals surface area contributed by atoms with Crippen LogP contribution in [0.15, 0.2) is 42.5 Å². The normalized spacial score (nSPS) is 10.4. The molecule has 0 atom stereocenters. The molecule has 0 unspecified atom stereocenters. The van der Waals surface area contributed by atoms with Gasteiger partial charge in [0.15, 0.2) is 0 Å². The monoisotopic (exact) mass is 384 g/mol. The molecule has 0 heterocycles. The van der Waals surface area contributed by atoms with Crippen molar-refractivity contribution in [1.82, 2.24) is 5.32 Å². The fourth-order valence-electron chi connectivity index (χ4n) is 2.45. The SMILES string of the molecule is CCCNC(=O)c1cccc(C(=O)Nc2cc(C(=O)O)ccc2OC(C)C)c1. The molecule has 0 saturated carbocycles. The predicted octanol–water partition coefficient (Wildman–Crippen LogP) is 3.56. The summed E-state index contributed by atoms with van der Waals surface area (Å²) in [6, 6.07) is 10.6. The molecule has 2 aromatic carbocycles. The number of ether oxygens (including phenoxy) is 1. The van der Waals surface area contributed by atoms with E-state index < -0.39 is 11.9 Å². The first-order chi connectivity index (χ1) is 13.3. The Labute approximate surface area is 163 Å². The van der Waals surface area contributed by atoms with Gasteiger partial charge in [0.1, 0.15) is 5.75 Å². The minimum atomic E-state index is -1.11. The van der Waals surface area contributed by atoms with Gasteiger partial charge in [0.2, 0.25) is 0 Å². The van der Waals surface area contributed by atoms with Crippen LogP contribution in [0.2, 0.25) is 0 Å². The van der Waals surface area contributed by atoms with Crippen LogP contribution in [0.1, 0.15) is 58.3 Å². The van der Waals surface area contributed by atoms with Gasteiger partial charge in [0, 0.05) is 17.7 Å². The van der Waals surface area contributed by atoms with Crippen molar-refractivity contribution in [3.05, 3.63) is 59.2 Å². The fraction of sp³-hybridized carbons (Fsp3) is 0.286. The molecule has 0 saturated heterocycles. The zero-order chi connectivity index (χ0) is 20.7. The minimum absolute atomic E-state index is 0.0269. The Kier molecular flexibility index (Phi) is 7.14. The van der Waals surface area contributed by atoms with Crippen LogP contribution in [0, 0.1) is 0 Å². The maximum absolute atomic E-state index is 12.7. The summed E-state index contributed by atoms with van der Waals surface area (Å²) in [6.45, 7) is 6.16. The summed E-state index contributed by atoms with van der Waals surface area (Å²) in [5.74, 6) is -1.47. The van der Waals surface area contributed by atoms with E-state index in [1.807, 2.05) is 20.8 Å². The highest BCUT2D eigenvalue weighted by molar-refractivity contribution is 6.07. The van der Waals surface area contributed by atoms with Gasteiger partial charge in [-0.1, -0.05) is 13.0 Å². The maximum atomic E-state index is 12.7. The third-order valence-electron chi connectivity index (χ3n) is 3.76. The summed E-state index contributed by atoms with van der Waals surface area (Å²) in [5.41, 5.74) is 0.929. The summed E-state index contributed by atoms with van der Waals surface area (Å²) in [6.07, 6.45) is 0.654. The van der Waals surface area contributed by atoms with Crippen molar-refractivity contribution in [1.29, 1.82) is 0 Å². The van der Waals surface area contributed by atoms with E-state index in [4.69, 9.17) is 4.74 Å². The van der Waals surface area contributed by atoms with Crippen molar-refractivity contribution in [3.63, 3.8) is 0 Å². The fourth-order valence-corrected chi connectivity index (χ4v) is 2.45. The lowest BCUT2D eigenvalue weighted by Crippen LogP contribution is -2.24. The molecule has 148 valence electrons. The van der Waals surface area contributed by atoms with E-state index in [1.165, 1.54) is 24.3 Å². The topological polar surface area (TPSA) is 105 Å². The molecule has 0 aliphatic carbocycles. The number of nitrogens with one attached hydrogen (secondary N) is 2. The van der Waals surface area contributed by atoms with Gasteiger partial charge in [-0.3, -0.25) is 9.59 Å². The Hall–Kier alpha value is -3.35. The summed E-state index contributed by atoms with van der Waals surface area (Å²) in [5, 5.41) is 14.6. The van der Waals surface area contributed by atoms with E-state index in [1.54, 1.807) is 18.2 Å². The first-order valence-corrected chi connectivity index (χ1v) is 9.05. The average Bonchev–Trinajstić information content (AvgIpc) is 2.66. The molecule has 0 aliphatic heterocycles. The third kappa shape index (κ3) is 5.57. The van der Waals surface area contributed by atoms with E-state index in [0.717, 1.165) is 6.42 Å². The second-order valence-corrected chi connectivity index (χ2v) is 6.47. The van der Waals surface area contributed by atoms with E-state index >= 15 is 0 Å². The smallest absolute Gasteiger partial charge is 0.335 e. The van der Waals surface area contributed by atoms with Gasteiger partial charge < -0.3 is 20.5 Å². The van der Waals surface area contributed by atoms with E-state index in [0.29, 0.717) is 17.9 Å². The third-order valence-corrected chi connectivity index (χ3v) is 3.76. The number of hydrogen-bond donors (Lipinski definition) is 3. The standard InChI is InChI=1S/C21H24N2O5/c1-4-10-22-19(24)14-6-5-7-15(11-14)20(25)23-17-12-16(21(26)27)8-9-18(17)28-13(2)3/h5-9,11-13H,4,10H2,1-3H3,(H,22,24)(H,23,25)(H,26,27). The number of aromatic carboxylic acids is 1. The van der Waals surface area contributed by atoms with Crippen LogP contribution in [0.5, 0.6) is 5.75 Å². The van der Waals surface area contributed by atoms with Crippen LogP contribution >= 0.6 is 0 Å². The van der Waals surface area contributed by atoms with Gasteiger partial charge in [-0.15, -0.1) is 0 Å². The highest BCUT2D eigenvalue weighted by Gasteiger charge is 2.15. The second kappa shape index (κ2) is 9.55. The number of carbonyl (C=O) groups is 3. The first kappa shape index (κ1) is 21.0. The van der Waals surface area contributed by atoms with Crippen LogP contribution in [-0.2, 0) is 0 Å². The number of carboxylic acids is 1. The van der Waals surface area contributed by atoms with Crippen molar-refractivity contribution in [2.45, 2.75) is 33.3 Å². The molecule has 0 bridgehead atoms. The number of benzene rings is 2. The highest BCUT2D eigenvalue weighted by Crippen LogP contribution is 2.27. The zero-order valence-corrected chi connectivity index (χ0v) is 16.1. The van der Waals surface area contributed by atoms with Crippen LogP contribution in [0.25, 0.3) is 0 Å². The molecule has 7 nitrogen and oxygen atoms in total. The van der Waals surface area contributed by atoms with Crippen LogP contribution in [0.3, 0.4) is 0 Å². The molecule has 0 aliphatic rings. The zero-order valence-electron chi connectivity index (χ0n) is 16.1. The largest absolute Gasteiger partial charge is 0.489 e. The highest BCUT2D eigenvalue weighted by atomic mass is 16.5. The number of carbonyl (C=O) groups excluding carboxylic acids is 2. The van der Waals surface area contributed by atoms with Crippen molar-refractivity contribution >= 4 is 23.5 Å². The molecular weight excluding hydrogens is 360 g/mol. The molecule has 0 aromatic heterocycles.